The van der Waals surface area contributed by atoms with Gasteiger partial charge in [-0.25, -0.2) is 4.79 Å². The lowest BCUT2D eigenvalue weighted by Gasteiger charge is -2.09. The Balaban J connectivity index is 1.45. The minimum absolute atomic E-state index is 0.0340. The number of amides is 1. The molecule has 0 atom stereocenters. The molecule has 0 unspecified atom stereocenters. The highest BCUT2D eigenvalue weighted by molar-refractivity contribution is 8.19. The summed E-state index contributed by atoms with van der Waals surface area (Å²) in [6, 6.07) is 14.7. The van der Waals surface area contributed by atoms with E-state index >= 15 is 0 Å². The molecule has 1 heterocycles. The first-order valence-corrected chi connectivity index (χ1v) is 12.0. The van der Waals surface area contributed by atoms with Gasteiger partial charge in [-0.05, 0) is 36.1 Å². The summed E-state index contributed by atoms with van der Waals surface area (Å²) >= 11 is 3.83. The lowest BCUT2D eigenvalue weighted by molar-refractivity contribution is -0.118. The number of esters is 1. The SMILES string of the molecule is CC(=O)NCCCc1ccc(C(=O)COC(=O)c2ccc(C3SCCS3)cc2)cc1. The summed E-state index contributed by atoms with van der Waals surface area (Å²) in [5.41, 5.74) is 3.26. The number of ether oxygens (including phenoxy) is 1. The van der Waals surface area contributed by atoms with Gasteiger partial charge in [-0.15, -0.1) is 23.5 Å². The van der Waals surface area contributed by atoms with Crippen molar-refractivity contribution in [2.75, 3.05) is 24.7 Å². The van der Waals surface area contributed by atoms with Crippen LogP contribution in [0.25, 0.3) is 0 Å². The van der Waals surface area contributed by atoms with E-state index in [0.29, 0.717) is 22.3 Å². The number of hydrogen-bond acceptors (Lipinski definition) is 6. The van der Waals surface area contributed by atoms with Crippen LogP contribution in [-0.2, 0) is 16.0 Å². The molecule has 30 heavy (non-hydrogen) atoms. The highest BCUT2D eigenvalue weighted by Gasteiger charge is 2.19. The highest BCUT2D eigenvalue weighted by atomic mass is 32.2. The average molecular weight is 444 g/mol. The van der Waals surface area contributed by atoms with E-state index in [-0.39, 0.29) is 18.3 Å². The van der Waals surface area contributed by atoms with Crippen LogP contribution in [0.4, 0.5) is 0 Å². The van der Waals surface area contributed by atoms with Gasteiger partial charge in [0, 0.05) is 30.5 Å². The number of carbonyl (C=O) groups excluding carboxylic acids is 3. The average Bonchev–Trinajstić information content (AvgIpc) is 3.30. The lowest BCUT2D eigenvalue weighted by atomic mass is 10.1. The summed E-state index contributed by atoms with van der Waals surface area (Å²) in [4.78, 5) is 35.4. The third kappa shape index (κ3) is 6.64. The van der Waals surface area contributed by atoms with Crippen molar-refractivity contribution in [3.8, 4) is 0 Å². The van der Waals surface area contributed by atoms with E-state index < -0.39 is 5.97 Å². The van der Waals surface area contributed by atoms with Crippen molar-refractivity contribution >= 4 is 41.2 Å². The Kier molecular flexibility index (Phi) is 8.39. The molecular formula is C23H25NO4S2. The number of Topliss-reactive ketones (excluding diaryl/α,β-unsaturated/α-hetero) is 1. The Morgan fingerprint density at radius 1 is 0.967 bits per heavy atom. The number of thioether (sulfide) groups is 2. The van der Waals surface area contributed by atoms with Gasteiger partial charge in [-0.3, -0.25) is 9.59 Å². The standard InChI is InChI=1S/C23H25NO4S2/c1-16(25)24-12-2-3-17-4-6-18(7-5-17)21(26)15-28-22(27)19-8-10-20(11-9-19)23-29-13-14-30-23/h4-11,23H,2-3,12-15H2,1H3,(H,24,25). The third-order valence-corrected chi connectivity index (χ3v) is 7.77. The quantitative estimate of drug-likeness (QED) is 0.354. The maximum absolute atomic E-state index is 12.3. The Morgan fingerprint density at radius 2 is 1.60 bits per heavy atom. The van der Waals surface area contributed by atoms with E-state index in [2.05, 4.69) is 5.32 Å². The number of hydrogen-bond donors (Lipinski definition) is 1. The van der Waals surface area contributed by atoms with Crippen molar-refractivity contribution in [2.45, 2.75) is 24.3 Å². The third-order valence-electron chi connectivity index (χ3n) is 4.67. The van der Waals surface area contributed by atoms with Gasteiger partial charge in [0.05, 0.1) is 10.1 Å². The fourth-order valence-corrected chi connectivity index (χ4v) is 5.90. The van der Waals surface area contributed by atoms with Gasteiger partial charge in [0.25, 0.3) is 0 Å². The number of rotatable bonds is 9. The Labute approximate surface area is 185 Å². The molecule has 7 heteroatoms. The van der Waals surface area contributed by atoms with Crippen LogP contribution < -0.4 is 5.32 Å². The number of aryl methyl sites for hydroxylation is 1. The smallest absolute Gasteiger partial charge is 0.338 e. The molecule has 2 aromatic rings. The maximum atomic E-state index is 12.3. The summed E-state index contributed by atoms with van der Waals surface area (Å²) in [6.07, 6.45) is 1.65. The first-order valence-electron chi connectivity index (χ1n) is 9.90. The monoisotopic (exact) mass is 443 g/mol. The highest BCUT2D eigenvalue weighted by Crippen LogP contribution is 2.45. The molecule has 2 aromatic carbocycles. The van der Waals surface area contributed by atoms with Crippen molar-refractivity contribution in [2.24, 2.45) is 0 Å². The molecule has 1 saturated heterocycles. The van der Waals surface area contributed by atoms with Crippen LogP contribution in [0.1, 0.15) is 49.8 Å². The topological polar surface area (TPSA) is 72.5 Å². The molecule has 1 fully saturated rings. The second kappa shape index (κ2) is 11.2. The second-order valence-corrected chi connectivity index (χ2v) is 9.70. The van der Waals surface area contributed by atoms with Crippen molar-refractivity contribution in [3.05, 3.63) is 70.8 Å². The van der Waals surface area contributed by atoms with Crippen LogP contribution in [0.3, 0.4) is 0 Å². The van der Waals surface area contributed by atoms with Crippen LogP contribution >= 0.6 is 23.5 Å². The van der Waals surface area contributed by atoms with Crippen molar-refractivity contribution in [3.63, 3.8) is 0 Å². The summed E-state index contributed by atoms with van der Waals surface area (Å²) in [5, 5.41) is 2.76. The minimum atomic E-state index is -0.490. The zero-order valence-electron chi connectivity index (χ0n) is 16.9. The molecule has 158 valence electrons. The number of nitrogens with one attached hydrogen (secondary N) is 1. The molecule has 0 spiro atoms. The maximum Gasteiger partial charge on any atom is 0.338 e. The van der Waals surface area contributed by atoms with E-state index in [1.54, 1.807) is 24.3 Å². The molecule has 1 amide bonds. The summed E-state index contributed by atoms with van der Waals surface area (Å²) < 4.78 is 5.64. The van der Waals surface area contributed by atoms with Crippen LogP contribution in [0.2, 0.25) is 0 Å². The molecule has 1 N–H and O–H groups in total. The normalized spacial score (nSPS) is 13.8. The van der Waals surface area contributed by atoms with E-state index in [1.165, 1.54) is 12.5 Å². The molecule has 0 aromatic heterocycles. The molecule has 0 radical (unpaired) electrons. The van der Waals surface area contributed by atoms with Gasteiger partial charge in [-0.2, -0.15) is 0 Å². The van der Waals surface area contributed by atoms with Crippen molar-refractivity contribution < 1.29 is 19.1 Å². The first kappa shape index (κ1) is 22.4. The van der Waals surface area contributed by atoms with Crippen LogP contribution in [-0.4, -0.2) is 42.3 Å². The minimum Gasteiger partial charge on any atom is -0.454 e. The van der Waals surface area contributed by atoms with E-state index in [9.17, 15) is 14.4 Å². The van der Waals surface area contributed by atoms with Crippen molar-refractivity contribution in [1.29, 1.82) is 0 Å². The zero-order chi connectivity index (χ0) is 21.3. The molecule has 5 nitrogen and oxygen atoms in total. The Morgan fingerprint density at radius 3 is 2.23 bits per heavy atom. The zero-order valence-corrected chi connectivity index (χ0v) is 18.5. The van der Waals surface area contributed by atoms with E-state index in [4.69, 9.17) is 4.74 Å². The van der Waals surface area contributed by atoms with Gasteiger partial charge in [0.1, 0.15) is 0 Å². The first-order chi connectivity index (χ1) is 14.5. The van der Waals surface area contributed by atoms with Crippen LogP contribution in [0.15, 0.2) is 48.5 Å². The van der Waals surface area contributed by atoms with E-state index in [1.807, 2.05) is 47.8 Å². The predicted octanol–water partition coefficient (Wildman–Crippen LogP) is 4.27. The summed E-state index contributed by atoms with van der Waals surface area (Å²) in [6.45, 7) is 1.85. The lowest BCUT2D eigenvalue weighted by Crippen LogP contribution is -2.21. The van der Waals surface area contributed by atoms with Gasteiger partial charge >= 0.3 is 5.97 Å². The number of benzene rings is 2. The fraction of sp³-hybridized carbons (Fsp3) is 0.348. The molecule has 0 saturated carbocycles. The number of carbonyl (C=O) groups is 3. The fourth-order valence-electron chi connectivity index (χ4n) is 3.04. The van der Waals surface area contributed by atoms with Gasteiger partial charge in [0.2, 0.25) is 5.91 Å². The van der Waals surface area contributed by atoms with E-state index in [0.717, 1.165) is 29.9 Å². The molecular weight excluding hydrogens is 418 g/mol. The van der Waals surface area contributed by atoms with Crippen molar-refractivity contribution in [1.82, 2.24) is 5.32 Å². The summed E-state index contributed by atoms with van der Waals surface area (Å²) in [7, 11) is 0. The molecule has 0 bridgehead atoms. The number of ketones is 1. The molecule has 0 aliphatic carbocycles. The summed E-state index contributed by atoms with van der Waals surface area (Å²) in [5.74, 6) is 1.55. The van der Waals surface area contributed by atoms with Gasteiger partial charge in [-0.1, -0.05) is 36.4 Å². The Hall–Kier alpha value is -2.25. The Bertz CT molecular complexity index is 875. The van der Waals surface area contributed by atoms with Crippen LogP contribution in [0.5, 0.6) is 0 Å². The predicted molar refractivity (Wildman–Crippen MR) is 122 cm³/mol. The molecule has 1 aliphatic rings. The van der Waals surface area contributed by atoms with Crippen LogP contribution in [0, 0.1) is 0 Å². The molecule has 3 rings (SSSR count). The molecule has 1 aliphatic heterocycles. The van der Waals surface area contributed by atoms with Gasteiger partial charge < -0.3 is 10.1 Å². The second-order valence-electron chi connectivity index (χ2n) is 6.98. The largest absolute Gasteiger partial charge is 0.454 e. The van der Waals surface area contributed by atoms with Gasteiger partial charge in [0.15, 0.2) is 12.4 Å².